The molecule has 0 aromatic carbocycles. The van der Waals surface area contributed by atoms with Crippen molar-refractivity contribution in [3.63, 3.8) is 0 Å². The van der Waals surface area contributed by atoms with Crippen LogP contribution in [0.15, 0.2) is 0 Å². The predicted octanol–water partition coefficient (Wildman–Crippen LogP) is 0.563. The molecule has 3 nitrogen and oxygen atoms in total. The molecule has 0 radical (unpaired) electrons. The van der Waals surface area contributed by atoms with Crippen molar-refractivity contribution in [2.45, 2.75) is 31.5 Å². The Hall–Kier alpha value is -0.120. The van der Waals surface area contributed by atoms with Crippen LogP contribution in [-0.2, 0) is 9.47 Å². The van der Waals surface area contributed by atoms with Crippen LogP contribution in [-0.4, -0.2) is 37.1 Å². The highest BCUT2D eigenvalue weighted by Gasteiger charge is 2.28. The third-order valence-corrected chi connectivity index (χ3v) is 2.77. The van der Waals surface area contributed by atoms with Gasteiger partial charge in [-0.25, -0.2) is 0 Å². The summed E-state index contributed by atoms with van der Waals surface area (Å²) in [6.45, 7) is 1.81. The van der Waals surface area contributed by atoms with Gasteiger partial charge in [-0.15, -0.1) is 0 Å². The molecule has 1 aliphatic carbocycles. The van der Waals surface area contributed by atoms with Crippen molar-refractivity contribution in [3.8, 4) is 0 Å². The van der Waals surface area contributed by atoms with E-state index in [2.05, 4.69) is 0 Å². The second kappa shape index (κ2) is 3.73. The average Bonchev–Trinajstić information content (AvgIpc) is 2.33. The zero-order valence-corrected chi connectivity index (χ0v) is 7.24. The van der Waals surface area contributed by atoms with Gasteiger partial charge in [0, 0.05) is 0 Å². The van der Waals surface area contributed by atoms with Gasteiger partial charge in [-0.2, -0.15) is 0 Å². The SMILES string of the molecule is O[C@@H]1COC[C@H]1OCC1CCC1. The van der Waals surface area contributed by atoms with Crippen molar-refractivity contribution in [2.24, 2.45) is 5.92 Å². The van der Waals surface area contributed by atoms with Gasteiger partial charge >= 0.3 is 0 Å². The summed E-state index contributed by atoms with van der Waals surface area (Å²) >= 11 is 0. The second-order valence-electron chi connectivity index (χ2n) is 3.77. The Morgan fingerprint density at radius 1 is 1.33 bits per heavy atom. The van der Waals surface area contributed by atoms with Crippen molar-refractivity contribution in [1.82, 2.24) is 0 Å². The molecule has 0 spiro atoms. The third kappa shape index (κ3) is 1.79. The fraction of sp³-hybridized carbons (Fsp3) is 1.00. The third-order valence-electron chi connectivity index (χ3n) is 2.77. The Kier molecular flexibility index (Phi) is 2.63. The molecule has 1 saturated carbocycles. The van der Waals surface area contributed by atoms with Gasteiger partial charge in [0.1, 0.15) is 12.2 Å². The summed E-state index contributed by atoms with van der Waals surface area (Å²) in [6.07, 6.45) is 3.47. The van der Waals surface area contributed by atoms with Gasteiger partial charge in [-0.1, -0.05) is 6.42 Å². The van der Waals surface area contributed by atoms with Gasteiger partial charge in [-0.05, 0) is 18.8 Å². The summed E-state index contributed by atoms with van der Waals surface area (Å²) in [4.78, 5) is 0. The number of rotatable bonds is 3. The first-order valence-corrected chi connectivity index (χ1v) is 4.73. The van der Waals surface area contributed by atoms with Crippen LogP contribution < -0.4 is 0 Å². The largest absolute Gasteiger partial charge is 0.388 e. The Morgan fingerprint density at radius 2 is 2.17 bits per heavy atom. The summed E-state index contributed by atoms with van der Waals surface area (Å²) in [5.74, 6) is 0.748. The molecular weight excluding hydrogens is 156 g/mol. The molecule has 0 aromatic heterocycles. The summed E-state index contributed by atoms with van der Waals surface area (Å²) in [5.41, 5.74) is 0. The van der Waals surface area contributed by atoms with Gasteiger partial charge in [0.2, 0.25) is 0 Å². The molecule has 1 aliphatic heterocycles. The lowest BCUT2D eigenvalue weighted by molar-refractivity contribution is -0.0350. The molecule has 1 heterocycles. The van der Waals surface area contributed by atoms with Crippen LogP contribution >= 0.6 is 0 Å². The van der Waals surface area contributed by atoms with E-state index in [9.17, 15) is 5.11 Å². The van der Waals surface area contributed by atoms with E-state index < -0.39 is 6.10 Å². The number of ether oxygens (including phenoxy) is 2. The first-order valence-electron chi connectivity index (χ1n) is 4.73. The number of hydrogen-bond donors (Lipinski definition) is 1. The molecule has 70 valence electrons. The highest BCUT2D eigenvalue weighted by molar-refractivity contribution is 4.76. The minimum atomic E-state index is -0.398. The minimum absolute atomic E-state index is 0.0643. The maximum atomic E-state index is 9.34. The van der Waals surface area contributed by atoms with Crippen LogP contribution in [0.4, 0.5) is 0 Å². The van der Waals surface area contributed by atoms with E-state index in [1.165, 1.54) is 19.3 Å². The number of aliphatic hydroxyl groups excluding tert-OH is 1. The van der Waals surface area contributed by atoms with Gasteiger partial charge in [0.25, 0.3) is 0 Å². The molecular formula is C9H16O3. The van der Waals surface area contributed by atoms with Crippen molar-refractivity contribution in [3.05, 3.63) is 0 Å². The molecule has 0 aromatic rings. The second-order valence-corrected chi connectivity index (χ2v) is 3.77. The van der Waals surface area contributed by atoms with Crippen LogP contribution in [0.5, 0.6) is 0 Å². The van der Waals surface area contributed by atoms with Gasteiger partial charge in [-0.3, -0.25) is 0 Å². The summed E-state index contributed by atoms with van der Waals surface area (Å²) in [7, 11) is 0. The summed E-state index contributed by atoms with van der Waals surface area (Å²) in [5, 5.41) is 9.34. The van der Waals surface area contributed by atoms with E-state index in [0.717, 1.165) is 12.5 Å². The van der Waals surface area contributed by atoms with Crippen LogP contribution in [0.3, 0.4) is 0 Å². The standard InChI is InChI=1S/C9H16O3/c10-8-5-11-6-9(8)12-4-7-2-1-3-7/h7-10H,1-6H2/t8-,9-/m1/s1. The van der Waals surface area contributed by atoms with Crippen LogP contribution in [0.2, 0.25) is 0 Å². The van der Waals surface area contributed by atoms with Crippen molar-refractivity contribution < 1.29 is 14.6 Å². The maximum Gasteiger partial charge on any atom is 0.109 e. The van der Waals surface area contributed by atoms with Crippen LogP contribution in [0.1, 0.15) is 19.3 Å². The Morgan fingerprint density at radius 3 is 2.67 bits per heavy atom. The molecule has 2 aliphatic rings. The average molecular weight is 172 g/mol. The molecule has 3 heteroatoms. The molecule has 1 saturated heterocycles. The van der Waals surface area contributed by atoms with E-state index >= 15 is 0 Å². The molecule has 1 N–H and O–H groups in total. The van der Waals surface area contributed by atoms with Crippen molar-refractivity contribution >= 4 is 0 Å². The molecule has 0 bridgehead atoms. The van der Waals surface area contributed by atoms with Crippen molar-refractivity contribution in [1.29, 1.82) is 0 Å². The highest BCUT2D eigenvalue weighted by atomic mass is 16.6. The van der Waals surface area contributed by atoms with E-state index in [1.807, 2.05) is 0 Å². The van der Waals surface area contributed by atoms with Gasteiger partial charge in [0.15, 0.2) is 0 Å². The zero-order chi connectivity index (χ0) is 8.39. The Balaban J connectivity index is 1.64. The van der Waals surface area contributed by atoms with Crippen LogP contribution in [0, 0.1) is 5.92 Å². The molecule has 2 atom stereocenters. The first kappa shape index (κ1) is 8.48. The quantitative estimate of drug-likeness (QED) is 0.676. The fourth-order valence-electron chi connectivity index (χ4n) is 1.60. The lowest BCUT2D eigenvalue weighted by Crippen LogP contribution is -2.30. The lowest BCUT2D eigenvalue weighted by Gasteiger charge is -2.26. The zero-order valence-electron chi connectivity index (χ0n) is 7.24. The van der Waals surface area contributed by atoms with Crippen molar-refractivity contribution in [2.75, 3.05) is 19.8 Å². The van der Waals surface area contributed by atoms with Gasteiger partial charge < -0.3 is 14.6 Å². The van der Waals surface area contributed by atoms with E-state index in [1.54, 1.807) is 0 Å². The topological polar surface area (TPSA) is 38.7 Å². The van der Waals surface area contributed by atoms with Gasteiger partial charge in [0.05, 0.1) is 19.8 Å². The van der Waals surface area contributed by atoms with Crippen LogP contribution in [0.25, 0.3) is 0 Å². The molecule has 0 unspecified atom stereocenters. The molecule has 2 rings (SSSR count). The molecule has 12 heavy (non-hydrogen) atoms. The van der Waals surface area contributed by atoms with E-state index in [0.29, 0.717) is 13.2 Å². The number of hydrogen-bond acceptors (Lipinski definition) is 3. The normalized spacial score (nSPS) is 36.8. The minimum Gasteiger partial charge on any atom is -0.388 e. The predicted molar refractivity (Wildman–Crippen MR) is 43.9 cm³/mol. The first-order chi connectivity index (χ1) is 5.86. The fourth-order valence-corrected chi connectivity index (χ4v) is 1.60. The van der Waals surface area contributed by atoms with E-state index in [-0.39, 0.29) is 6.10 Å². The van der Waals surface area contributed by atoms with E-state index in [4.69, 9.17) is 9.47 Å². The lowest BCUT2D eigenvalue weighted by atomic mass is 9.86. The Labute approximate surface area is 72.7 Å². The Bertz CT molecular complexity index is 145. The smallest absolute Gasteiger partial charge is 0.109 e. The molecule has 0 amide bonds. The molecule has 2 fully saturated rings. The summed E-state index contributed by atoms with van der Waals surface area (Å²) < 4.78 is 10.6. The highest BCUT2D eigenvalue weighted by Crippen LogP contribution is 2.27. The summed E-state index contributed by atoms with van der Waals surface area (Å²) in [6, 6.07) is 0. The monoisotopic (exact) mass is 172 g/mol. The maximum absolute atomic E-state index is 9.34. The number of aliphatic hydroxyl groups is 1.